The number of carbonyl (C=O) groups excluding carboxylic acids is 1. The monoisotopic (exact) mass is 177 g/mol. The minimum atomic E-state index is -0.834. The van der Waals surface area contributed by atoms with Gasteiger partial charge in [0.25, 0.3) is 0 Å². The first-order valence-corrected chi connectivity index (χ1v) is 3.66. The van der Waals surface area contributed by atoms with Gasteiger partial charge in [-0.05, 0) is 6.07 Å². The molecule has 5 nitrogen and oxygen atoms in total. The molecular formula is C8H7N3O2. The molecule has 0 unspecified atom stereocenters. The molecule has 5 heteroatoms. The van der Waals surface area contributed by atoms with E-state index in [1.54, 1.807) is 24.5 Å². The highest BCUT2D eigenvalue weighted by molar-refractivity contribution is 5.81. The predicted octanol–water partition coefficient (Wildman–Crippen LogP) is 1.02. The number of hydrogen-bond donors (Lipinski definition) is 2. The van der Waals surface area contributed by atoms with Crippen molar-refractivity contribution in [3.63, 3.8) is 0 Å². The molecule has 0 bridgehead atoms. The van der Waals surface area contributed by atoms with Crippen molar-refractivity contribution in [1.29, 1.82) is 0 Å². The average Bonchev–Trinajstić information content (AvgIpc) is 2.44. The van der Waals surface area contributed by atoms with Crippen molar-refractivity contribution < 1.29 is 9.53 Å². The van der Waals surface area contributed by atoms with Crippen molar-refractivity contribution in [3.05, 3.63) is 24.5 Å². The van der Waals surface area contributed by atoms with Crippen LogP contribution in [0.2, 0.25) is 0 Å². The number of carbonyl (C=O) groups is 1. The fourth-order valence-electron chi connectivity index (χ4n) is 1.11. The maximum Gasteiger partial charge on any atom is 0.411 e. The van der Waals surface area contributed by atoms with Gasteiger partial charge >= 0.3 is 6.09 Å². The Labute approximate surface area is 73.5 Å². The Bertz CT molecular complexity index is 416. The minimum Gasteiger partial charge on any atom is -0.393 e. The minimum absolute atomic E-state index is 0.329. The first-order chi connectivity index (χ1) is 6.25. The maximum atomic E-state index is 10.4. The van der Waals surface area contributed by atoms with Crippen LogP contribution in [0.15, 0.2) is 24.5 Å². The molecule has 0 fully saturated rings. The van der Waals surface area contributed by atoms with Crippen molar-refractivity contribution in [1.82, 2.24) is 9.97 Å². The maximum absolute atomic E-state index is 10.4. The molecule has 13 heavy (non-hydrogen) atoms. The number of aromatic nitrogens is 2. The van der Waals surface area contributed by atoms with Crippen LogP contribution in [0.4, 0.5) is 4.79 Å². The number of ether oxygens (including phenoxy) is 1. The number of primary amides is 1. The van der Waals surface area contributed by atoms with Gasteiger partial charge in [-0.25, -0.2) is 4.79 Å². The molecule has 66 valence electrons. The summed E-state index contributed by atoms with van der Waals surface area (Å²) in [6, 6.07) is 3.49. The number of aromatic amines is 1. The molecule has 2 rings (SSSR count). The van der Waals surface area contributed by atoms with Crippen LogP contribution in [0, 0.1) is 0 Å². The second-order valence-corrected chi connectivity index (χ2v) is 2.52. The molecule has 0 saturated heterocycles. The molecule has 0 radical (unpaired) electrons. The Morgan fingerprint density at radius 3 is 3.15 bits per heavy atom. The standard InChI is InChI=1S/C8H7N3O2/c9-8(12)13-7-3-5-1-2-10-4-6(5)11-7/h1-4,11H,(H2,9,12). The van der Waals surface area contributed by atoms with Crippen LogP contribution < -0.4 is 10.5 Å². The van der Waals surface area contributed by atoms with E-state index in [1.165, 1.54) is 0 Å². The van der Waals surface area contributed by atoms with E-state index in [2.05, 4.69) is 14.7 Å². The van der Waals surface area contributed by atoms with Gasteiger partial charge in [0.05, 0.1) is 11.7 Å². The van der Waals surface area contributed by atoms with E-state index < -0.39 is 6.09 Å². The summed E-state index contributed by atoms with van der Waals surface area (Å²) in [4.78, 5) is 17.2. The third-order valence-electron chi connectivity index (χ3n) is 1.61. The van der Waals surface area contributed by atoms with E-state index in [0.717, 1.165) is 10.9 Å². The molecule has 0 spiro atoms. The number of amides is 1. The number of nitrogens with two attached hydrogens (primary N) is 1. The van der Waals surface area contributed by atoms with Crippen LogP contribution in [0.25, 0.3) is 10.9 Å². The van der Waals surface area contributed by atoms with E-state index in [1.807, 2.05) is 0 Å². The zero-order chi connectivity index (χ0) is 9.26. The quantitative estimate of drug-likeness (QED) is 0.682. The molecule has 0 saturated carbocycles. The predicted molar refractivity (Wildman–Crippen MR) is 46.3 cm³/mol. The summed E-state index contributed by atoms with van der Waals surface area (Å²) in [5.41, 5.74) is 5.65. The Kier molecular flexibility index (Phi) is 1.63. The Hall–Kier alpha value is -2.04. The fourth-order valence-corrected chi connectivity index (χ4v) is 1.11. The van der Waals surface area contributed by atoms with Crippen molar-refractivity contribution in [3.8, 4) is 5.88 Å². The molecule has 1 amide bonds. The smallest absolute Gasteiger partial charge is 0.393 e. The molecule has 2 aromatic heterocycles. The van der Waals surface area contributed by atoms with E-state index in [4.69, 9.17) is 5.73 Å². The molecule has 0 aliphatic carbocycles. The van der Waals surface area contributed by atoms with Crippen molar-refractivity contribution in [2.24, 2.45) is 5.73 Å². The van der Waals surface area contributed by atoms with Crippen molar-refractivity contribution in [2.75, 3.05) is 0 Å². The van der Waals surface area contributed by atoms with Gasteiger partial charge in [-0.1, -0.05) is 0 Å². The van der Waals surface area contributed by atoms with Crippen LogP contribution in [0.3, 0.4) is 0 Å². The summed E-state index contributed by atoms with van der Waals surface area (Å²) in [7, 11) is 0. The largest absolute Gasteiger partial charge is 0.411 e. The SMILES string of the molecule is NC(=O)Oc1cc2ccncc2[nH]1. The lowest BCUT2D eigenvalue weighted by Crippen LogP contribution is -2.16. The Morgan fingerprint density at radius 1 is 1.62 bits per heavy atom. The van der Waals surface area contributed by atoms with Gasteiger partial charge in [0, 0.05) is 17.6 Å². The third-order valence-corrected chi connectivity index (χ3v) is 1.61. The molecule has 2 aromatic rings. The first kappa shape index (κ1) is 7.60. The zero-order valence-corrected chi connectivity index (χ0v) is 6.65. The van der Waals surface area contributed by atoms with Gasteiger partial charge in [0.1, 0.15) is 0 Å². The number of H-pyrrole nitrogens is 1. The summed E-state index contributed by atoms with van der Waals surface area (Å²) >= 11 is 0. The molecule has 0 aromatic carbocycles. The Morgan fingerprint density at radius 2 is 2.46 bits per heavy atom. The molecule has 3 N–H and O–H groups in total. The lowest BCUT2D eigenvalue weighted by Gasteiger charge is -1.92. The fraction of sp³-hybridized carbons (Fsp3) is 0. The lowest BCUT2D eigenvalue weighted by atomic mass is 10.3. The van der Waals surface area contributed by atoms with Gasteiger partial charge in [-0.3, -0.25) is 4.98 Å². The number of fused-ring (bicyclic) bond motifs is 1. The van der Waals surface area contributed by atoms with Gasteiger partial charge in [-0.15, -0.1) is 0 Å². The highest BCUT2D eigenvalue weighted by Crippen LogP contribution is 2.18. The van der Waals surface area contributed by atoms with E-state index in [9.17, 15) is 4.79 Å². The molecular weight excluding hydrogens is 170 g/mol. The van der Waals surface area contributed by atoms with Crippen LogP contribution in [-0.4, -0.2) is 16.1 Å². The van der Waals surface area contributed by atoms with Gasteiger partial charge in [-0.2, -0.15) is 0 Å². The molecule has 0 aliphatic rings. The summed E-state index contributed by atoms with van der Waals surface area (Å²) < 4.78 is 4.65. The number of rotatable bonds is 1. The average molecular weight is 177 g/mol. The number of nitrogens with one attached hydrogen (secondary N) is 1. The molecule has 0 atom stereocenters. The van der Waals surface area contributed by atoms with Gasteiger partial charge < -0.3 is 15.5 Å². The topological polar surface area (TPSA) is 81.0 Å². The number of nitrogens with zero attached hydrogens (tertiary/aromatic N) is 1. The number of pyridine rings is 1. The van der Waals surface area contributed by atoms with Crippen molar-refractivity contribution >= 4 is 17.0 Å². The van der Waals surface area contributed by atoms with E-state index >= 15 is 0 Å². The summed E-state index contributed by atoms with van der Waals surface area (Å²) in [5.74, 6) is 0.329. The first-order valence-electron chi connectivity index (χ1n) is 3.66. The van der Waals surface area contributed by atoms with Crippen LogP contribution in [-0.2, 0) is 0 Å². The summed E-state index contributed by atoms with van der Waals surface area (Å²) in [5, 5.41) is 0.922. The molecule has 2 heterocycles. The third kappa shape index (κ3) is 1.44. The van der Waals surface area contributed by atoms with Gasteiger partial charge in [0.2, 0.25) is 5.88 Å². The second kappa shape index (κ2) is 2.78. The zero-order valence-electron chi connectivity index (χ0n) is 6.65. The summed E-state index contributed by atoms with van der Waals surface area (Å²) in [6.07, 6.45) is 2.47. The van der Waals surface area contributed by atoms with E-state index in [-0.39, 0.29) is 0 Å². The lowest BCUT2D eigenvalue weighted by molar-refractivity contribution is 0.209. The van der Waals surface area contributed by atoms with Crippen molar-refractivity contribution in [2.45, 2.75) is 0 Å². The van der Waals surface area contributed by atoms with Crippen LogP contribution in [0.1, 0.15) is 0 Å². The van der Waals surface area contributed by atoms with Gasteiger partial charge in [0.15, 0.2) is 0 Å². The molecule has 0 aliphatic heterocycles. The second-order valence-electron chi connectivity index (χ2n) is 2.52. The normalized spacial score (nSPS) is 10.2. The van der Waals surface area contributed by atoms with E-state index in [0.29, 0.717) is 5.88 Å². The highest BCUT2D eigenvalue weighted by atomic mass is 16.6. The summed E-state index contributed by atoms with van der Waals surface area (Å²) in [6.45, 7) is 0. The number of hydrogen-bond acceptors (Lipinski definition) is 3. The van der Waals surface area contributed by atoms with Crippen LogP contribution in [0.5, 0.6) is 5.88 Å². The van der Waals surface area contributed by atoms with Crippen LogP contribution >= 0.6 is 0 Å². The highest BCUT2D eigenvalue weighted by Gasteiger charge is 2.02. The Balaban J connectivity index is 2.44.